The van der Waals surface area contributed by atoms with Gasteiger partial charge in [0.1, 0.15) is 30.5 Å². The minimum absolute atomic E-state index is 0.0194. The highest BCUT2D eigenvalue weighted by atomic mass is 32.3. The van der Waals surface area contributed by atoms with Gasteiger partial charge < -0.3 is 34.3 Å². The molecule has 4 N–H and O–H groups in total. The Morgan fingerprint density at radius 1 is 0.582 bits per heavy atom. The number of esters is 1. The molecule has 0 aromatic carbocycles. The van der Waals surface area contributed by atoms with Crippen LogP contribution < -0.4 is 0 Å². The second-order valence-electron chi connectivity index (χ2n) is 17.4. The second-order valence-corrected chi connectivity index (χ2v) is 18.4. The molecule has 0 radical (unpaired) electrons. The van der Waals surface area contributed by atoms with Crippen molar-refractivity contribution >= 4 is 16.4 Å². The van der Waals surface area contributed by atoms with Crippen LogP contribution in [0.25, 0.3) is 0 Å². The quantitative estimate of drug-likeness (QED) is 0.0197. The van der Waals surface area contributed by atoms with Gasteiger partial charge in [0.2, 0.25) is 0 Å². The van der Waals surface area contributed by atoms with Crippen LogP contribution in [0, 0.1) is 0 Å². The van der Waals surface area contributed by atoms with Gasteiger partial charge in [-0.2, -0.15) is 8.42 Å². The zero-order valence-electron chi connectivity index (χ0n) is 41.4. The fraction of sp³-hybridized carbons (Fsp3) is 0.722. The minimum atomic E-state index is -5.07. The average molecular weight is 965 g/mol. The molecule has 1 aliphatic rings. The number of ether oxygens (including phenoxy) is 4. The van der Waals surface area contributed by atoms with Crippen molar-refractivity contribution in [2.45, 2.75) is 224 Å². The Balaban J connectivity index is 2.38. The van der Waals surface area contributed by atoms with E-state index in [0.717, 1.165) is 109 Å². The SMILES string of the molecule is CC/C=C\C/C=C\C/C=C\C/C=C\C/C=C\CCCCCCCCCC(=O)OC(COCCCCCCCC/C=C\C/C=C\CCCCCC)COC1OC(CO)C(O)C(OS(=O)(=O)O)C1O. The van der Waals surface area contributed by atoms with Crippen molar-refractivity contribution in [3.05, 3.63) is 85.1 Å². The number of allylic oxidation sites excluding steroid dienone is 14. The van der Waals surface area contributed by atoms with E-state index < -0.39 is 59.8 Å². The van der Waals surface area contributed by atoms with Crippen LogP contribution >= 0.6 is 0 Å². The van der Waals surface area contributed by atoms with Crippen LogP contribution in [0.15, 0.2) is 85.1 Å². The van der Waals surface area contributed by atoms with Crippen LogP contribution in [0.5, 0.6) is 0 Å². The summed E-state index contributed by atoms with van der Waals surface area (Å²) in [6, 6.07) is 0. The Morgan fingerprint density at radius 2 is 1.03 bits per heavy atom. The summed E-state index contributed by atoms with van der Waals surface area (Å²) in [7, 11) is -5.07. The topological polar surface area (TPSA) is 178 Å². The summed E-state index contributed by atoms with van der Waals surface area (Å²) in [4.78, 5) is 12.9. The van der Waals surface area contributed by atoms with E-state index in [2.05, 4.69) is 103 Å². The van der Waals surface area contributed by atoms with Gasteiger partial charge in [-0.15, -0.1) is 0 Å². The van der Waals surface area contributed by atoms with E-state index >= 15 is 0 Å². The Labute approximate surface area is 406 Å². The lowest BCUT2D eigenvalue weighted by Crippen LogP contribution is -2.60. The van der Waals surface area contributed by atoms with E-state index in [9.17, 15) is 33.1 Å². The largest absolute Gasteiger partial charge is 0.457 e. The first kappa shape index (κ1) is 62.3. The molecular weight excluding hydrogens is 873 g/mol. The second kappa shape index (κ2) is 44.5. The molecule has 12 nitrogen and oxygen atoms in total. The lowest BCUT2D eigenvalue weighted by atomic mass is 9.99. The molecule has 0 spiro atoms. The summed E-state index contributed by atoms with van der Waals surface area (Å²) in [5, 5.41) is 30.8. The number of hydrogen-bond donors (Lipinski definition) is 4. The van der Waals surface area contributed by atoms with E-state index in [-0.39, 0.29) is 19.6 Å². The summed E-state index contributed by atoms with van der Waals surface area (Å²) in [5.41, 5.74) is 0. The molecule has 386 valence electrons. The fourth-order valence-electron chi connectivity index (χ4n) is 7.38. The number of aliphatic hydroxyl groups is 3. The van der Waals surface area contributed by atoms with Crippen LogP contribution in [0.3, 0.4) is 0 Å². The van der Waals surface area contributed by atoms with Crippen LogP contribution in [0.2, 0.25) is 0 Å². The van der Waals surface area contributed by atoms with Gasteiger partial charge in [0, 0.05) is 13.0 Å². The highest BCUT2D eigenvalue weighted by Crippen LogP contribution is 2.26. The highest BCUT2D eigenvalue weighted by Gasteiger charge is 2.48. The molecule has 0 bridgehead atoms. The summed E-state index contributed by atoms with van der Waals surface area (Å²) < 4.78 is 59.2. The van der Waals surface area contributed by atoms with Crippen molar-refractivity contribution in [2.24, 2.45) is 0 Å². The summed E-state index contributed by atoms with van der Waals surface area (Å²) in [6.45, 7) is 3.82. The van der Waals surface area contributed by atoms with Gasteiger partial charge in [0.05, 0.1) is 19.8 Å². The smallest absolute Gasteiger partial charge is 0.397 e. The molecule has 0 aromatic rings. The maximum absolute atomic E-state index is 12.9. The standard InChI is InChI=1S/C54H92O12S/c1-3-5-7-9-11-13-15-17-19-21-22-23-24-25-26-27-29-31-33-35-37-39-41-43-50(56)64-48(47-63-54-52(58)53(66-67(59,60)61)51(57)49(45-55)65-54)46-62-44-42-40-38-36-34-32-30-28-20-18-16-14-12-10-8-6-4-2/h5,7,11,13-14,16-17,19-20,22-23,25-26,28,48-49,51-55,57-58H,3-4,6,8-10,12,15,18,21,24,27,29-47H2,1-2H3,(H,59,60,61)/b7-5-,13-11-,16-14-,19-17-,23-22-,26-25-,28-20-. The predicted molar refractivity (Wildman–Crippen MR) is 271 cm³/mol. The van der Waals surface area contributed by atoms with E-state index in [1.165, 1.54) is 51.4 Å². The third-order valence-corrected chi connectivity index (χ3v) is 11.7. The Hall–Kier alpha value is -2.72. The molecule has 1 aliphatic heterocycles. The lowest BCUT2D eigenvalue weighted by Gasteiger charge is -2.41. The number of hydrogen-bond acceptors (Lipinski definition) is 11. The molecular formula is C54H92O12S. The molecule has 6 unspecified atom stereocenters. The van der Waals surface area contributed by atoms with E-state index in [1.54, 1.807) is 0 Å². The van der Waals surface area contributed by atoms with Crippen LogP contribution in [0.1, 0.15) is 187 Å². The third-order valence-electron chi connectivity index (χ3n) is 11.3. The Kier molecular flexibility index (Phi) is 41.4. The summed E-state index contributed by atoms with van der Waals surface area (Å²) in [5.74, 6) is -0.417. The zero-order chi connectivity index (χ0) is 48.9. The van der Waals surface area contributed by atoms with E-state index in [4.69, 9.17) is 18.9 Å². The molecule has 0 aliphatic carbocycles. The van der Waals surface area contributed by atoms with Crippen molar-refractivity contribution in [3.8, 4) is 0 Å². The van der Waals surface area contributed by atoms with Crippen LogP contribution in [-0.2, 0) is 38.3 Å². The van der Waals surface area contributed by atoms with Crippen LogP contribution in [0.4, 0.5) is 0 Å². The molecule has 1 saturated heterocycles. The molecule has 1 rings (SSSR count). The fourth-order valence-corrected chi connectivity index (χ4v) is 7.88. The highest BCUT2D eigenvalue weighted by molar-refractivity contribution is 7.80. The van der Waals surface area contributed by atoms with Crippen LogP contribution in [-0.4, -0.2) is 97.5 Å². The van der Waals surface area contributed by atoms with Crippen molar-refractivity contribution < 1.29 is 56.2 Å². The molecule has 0 saturated carbocycles. The van der Waals surface area contributed by atoms with Crippen molar-refractivity contribution in [1.82, 2.24) is 0 Å². The average Bonchev–Trinajstić information content (AvgIpc) is 3.30. The van der Waals surface area contributed by atoms with Crippen molar-refractivity contribution in [2.75, 3.05) is 26.4 Å². The van der Waals surface area contributed by atoms with Gasteiger partial charge in [-0.3, -0.25) is 9.35 Å². The van der Waals surface area contributed by atoms with Gasteiger partial charge >= 0.3 is 16.4 Å². The number of carbonyl (C=O) groups is 1. The number of aliphatic hydroxyl groups excluding tert-OH is 3. The number of carbonyl (C=O) groups excluding carboxylic acids is 1. The Bertz CT molecular complexity index is 1490. The maximum atomic E-state index is 12.9. The molecule has 0 aromatic heterocycles. The molecule has 13 heteroatoms. The molecule has 6 atom stereocenters. The predicted octanol–water partition coefficient (Wildman–Crippen LogP) is 12.0. The molecule has 1 heterocycles. The van der Waals surface area contributed by atoms with E-state index in [1.807, 2.05) is 0 Å². The van der Waals surface area contributed by atoms with Gasteiger partial charge in [0.15, 0.2) is 6.29 Å². The first-order chi connectivity index (χ1) is 32.6. The van der Waals surface area contributed by atoms with Crippen molar-refractivity contribution in [1.29, 1.82) is 0 Å². The third kappa shape index (κ3) is 37.8. The maximum Gasteiger partial charge on any atom is 0.397 e. The summed E-state index contributed by atoms with van der Waals surface area (Å²) >= 11 is 0. The zero-order valence-corrected chi connectivity index (χ0v) is 42.2. The van der Waals surface area contributed by atoms with E-state index in [0.29, 0.717) is 13.0 Å². The molecule has 0 amide bonds. The molecule has 1 fully saturated rings. The van der Waals surface area contributed by atoms with Gasteiger partial charge in [0.25, 0.3) is 0 Å². The number of unbranched alkanes of at least 4 members (excludes halogenated alkanes) is 17. The normalized spacial score (nSPS) is 20.1. The monoisotopic (exact) mass is 965 g/mol. The van der Waals surface area contributed by atoms with Gasteiger partial charge in [-0.25, -0.2) is 4.18 Å². The van der Waals surface area contributed by atoms with Gasteiger partial charge in [-0.1, -0.05) is 176 Å². The molecule has 67 heavy (non-hydrogen) atoms. The summed E-state index contributed by atoms with van der Waals surface area (Å²) in [6.07, 6.45) is 50.3. The minimum Gasteiger partial charge on any atom is -0.457 e. The first-order valence-corrected chi connectivity index (χ1v) is 27.2. The Morgan fingerprint density at radius 3 is 1.51 bits per heavy atom. The lowest BCUT2D eigenvalue weighted by molar-refractivity contribution is -0.301. The van der Waals surface area contributed by atoms with Crippen molar-refractivity contribution in [3.63, 3.8) is 0 Å². The number of rotatable bonds is 44. The first-order valence-electron chi connectivity index (χ1n) is 25.8. The van der Waals surface area contributed by atoms with Gasteiger partial charge in [-0.05, 0) is 89.9 Å².